The van der Waals surface area contributed by atoms with Crippen LogP contribution in [0.5, 0.6) is 11.5 Å². The van der Waals surface area contributed by atoms with Gasteiger partial charge < -0.3 is 14.8 Å². The number of nitrogens with one attached hydrogen (secondary N) is 1. The van der Waals surface area contributed by atoms with Gasteiger partial charge in [-0.15, -0.1) is 0 Å². The van der Waals surface area contributed by atoms with Crippen LogP contribution in [-0.4, -0.2) is 14.2 Å². The number of ether oxygens (including phenoxy) is 2. The van der Waals surface area contributed by atoms with Crippen molar-refractivity contribution in [2.75, 3.05) is 14.2 Å². The number of benzene rings is 3. The zero-order chi connectivity index (χ0) is 16.9. The molecule has 0 aromatic heterocycles. The van der Waals surface area contributed by atoms with Gasteiger partial charge in [0.2, 0.25) is 0 Å². The van der Waals surface area contributed by atoms with Gasteiger partial charge in [0.25, 0.3) is 0 Å². The van der Waals surface area contributed by atoms with Crippen LogP contribution < -0.4 is 14.8 Å². The van der Waals surface area contributed by atoms with Gasteiger partial charge in [-0.05, 0) is 41.0 Å². The molecule has 0 aliphatic rings. The van der Waals surface area contributed by atoms with Crippen molar-refractivity contribution in [3.63, 3.8) is 0 Å². The zero-order valence-electron chi connectivity index (χ0n) is 14.4. The summed E-state index contributed by atoms with van der Waals surface area (Å²) in [5.74, 6) is 1.62. The highest BCUT2D eigenvalue weighted by Gasteiger charge is 2.09. The van der Waals surface area contributed by atoms with Gasteiger partial charge in [0, 0.05) is 18.7 Å². The maximum atomic E-state index is 5.34. The van der Waals surface area contributed by atoms with Crippen molar-refractivity contribution in [3.05, 3.63) is 71.8 Å². The fraction of sp³-hybridized carbons (Fsp3) is 0.238. The van der Waals surface area contributed by atoms with Crippen LogP contribution in [-0.2, 0) is 6.54 Å². The Bertz CT molecular complexity index is 801. The molecule has 3 aromatic rings. The summed E-state index contributed by atoms with van der Waals surface area (Å²) >= 11 is 0. The van der Waals surface area contributed by atoms with E-state index in [0.29, 0.717) is 0 Å². The van der Waals surface area contributed by atoms with Crippen molar-refractivity contribution in [2.24, 2.45) is 0 Å². The predicted octanol–water partition coefficient (Wildman–Crippen LogP) is 4.71. The lowest BCUT2D eigenvalue weighted by Crippen LogP contribution is -2.18. The maximum absolute atomic E-state index is 5.34. The molecule has 24 heavy (non-hydrogen) atoms. The molecule has 0 amide bonds. The molecule has 3 heteroatoms. The number of methoxy groups -OCH3 is 2. The molecule has 0 unspecified atom stereocenters. The minimum atomic E-state index is 0.244. The molecule has 0 heterocycles. The summed E-state index contributed by atoms with van der Waals surface area (Å²) in [6.07, 6.45) is 0. The Labute approximate surface area is 143 Å². The first-order valence-electron chi connectivity index (χ1n) is 8.14. The number of rotatable bonds is 6. The molecule has 0 saturated heterocycles. The molecule has 1 N–H and O–H groups in total. The van der Waals surface area contributed by atoms with Crippen LogP contribution in [0.4, 0.5) is 0 Å². The van der Waals surface area contributed by atoms with Crippen molar-refractivity contribution < 1.29 is 9.47 Å². The van der Waals surface area contributed by atoms with Gasteiger partial charge in [0.1, 0.15) is 11.5 Å². The Morgan fingerprint density at radius 2 is 1.54 bits per heavy atom. The third-order valence-corrected chi connectivity index (χ3v) is 4.31. The Kier molecular flexibility index (Phi) is 5.02. The zero-order valence-corrected chi connectivity index (χ0v) is 14.4. The topological polar surface area (TPSA) is 30.5 Å². The molecule has 0 aliphatic carbocycles. The smallest absolute Gasteiger partial charge is 0.122 e. The molecule has 0 spiro atoms. The highest BCUT2D eigenvalue weighted by molar-refractivity contribution is 5.86. The lowest BCUT2D eigenvalue weighted by Gasteiger charge is -2.17. The number of fused-ring (bicyclic) bond motifs is 1. The van der Waals surface area contributed by atoms with E-state index in [1.165, 1.54) is 16.3 Å². The monoisotopic (exact) mass is 321 g/mol. The van der Waals surface area contributed by atoms with E-state index in [9.17, 15) is 0 Å². The molecule has 0 aliphatic heterocycles. The highest BCUT2D eigenvalue weighted by atomic mass is 16.5. The lowest BCUT2D eigenvalue weighted by molar-refractivity contribution is 0.393. The predicted molar refractivity (Wildman–Crippen MR) is 98.7 cm³/mol. The number of hydrogen-bond donors (Lipinski definition) is 1. The Balaban J connectivity index is 1.79. The van der Waals surface area contributed by atoms with E-state index in [-0.39, 0.29) is 6.04 Å². The summed E-state index contributed by atoms with van der Waals surface area (Å²) in [5.41, 5.74) is 2.45. The van der Waals surface area contributed by atoms with Crippen LogP contribution in [0.25, 0.3) is 10.8 Å². The molecule has 0 radical (unpaired) electrons. The van der Waals surface area contributed by atoms with E-state index in [2.05, 4.69) is 54.7 Å². The van der Waals surface area contributed by atoms with Gasteiger partial charge in [-0.3, -0.25) is 0 Å². The van der Waals surface area contributed by atoms with Crippen molar-refractivity contribution in [1.82, 2.24) is 5.32 Å². The van der Waals surface area contributed by atoms with E-state index < -0.39 is 0 Å². The highest BCUT2D eigenvalue weighted by Crippen LogP contribution is 2.26. The fourth-order valence-corrected chi connectivity index (χ4v) is 2.98. The molecule has 3 nitrogen and oxygen atoms in total. The van der Waals surface area contributed by atoms with E-state index in [4.69, 9.17) is 9.47 Å². The summed E-state index contributed by atoms with van der Waals surface area (Å²) in [6, 6.07) is 21.1. The molecule has 1 atom stereocenters. The first-order chi connectivity index (χ1) is 11.7. The normalized spacial score (nSPS) is 12.1. The molecular weight excluding hydrogens is 298 g/mol. The minimum Gasteiger partial charge on any atom is -0.497 e. The van der Waals surface area contributed by atoms with Crippen LogP contribution in [0, 0.1) is 0 Å². The first kappa shape index (κ1) is 16.3. The minimum absolute atomic E-state index is 0.244. The summed E-state index contributed by atoms with van der Waals surface area (Å²) < 4.78 is 10.7. The SMILES string of the molecule is COc1cc(CN[C@@H](C)c2cccc3ccccc23)cc(OC)c1. The lowest BCUT2D eigenvalue weighted by atomic mass is 9.99. The molecule has 0 fully saturated rings. The van der Waals surface area contributed by atoms with Crippen molar-refractivity contribution in [2.45, 2.75) is 19.5 Å². The van der Waals surface area contributed by atoms with Crippen LogP contribution in [0.1, 0.15) is 24.1 Å². The molecule has 3 aromatic carbocycles. The maximum Gasteiger partial charge on any atom is 0.122 e. The van der Waals surface area contributed by atoms with Gasteiger partial charge >= 0.3 is 0 Å². The molecular formula is C21H23NO2. The van der Waals surface area contributed by atoms with Gasteiger partial charge in [-0.1, -0.05) is 42.5 Å². The van der Waals surface area contributed by atoms with Crippen molar-refractivity contribution in [1.29, 1.82) is 0 Å². The fourth-order valence-electron chi connectivity index (χ4n) is 2.98. The van der Waals surface area contributed by atoms with Gasteiger partial charge in [-0.25, -0.2) is 0 Å². The molecule has 124 valence electrons. The van der Waals surface area contributed by atoms with E-state index in [0.717, 1.165) is 23.6 Å². The second-order valence-electron chi connectivity index (χ2n) is 5.89. The average Bonchev–Trinajstić information content (AvgIpc) is 2.65. The van der Waals surface area contributed by atoms with Crippen LogP contribution >= 0.6 is 0 Å². The van der Waals surface area contributed by atoms with E-state index >= 15 is 0 Å². The van der Waals surface area contributed by atoms with Gasteiger partial charge in [-0.2, -0.15) is 0 Å². The first-order valence-corrected chi connectivity index (χ1v) is 8.14. The van der Waals surface area contributed by atoms with E-state index in [1.807, 2.05) is 18.2 Å². The van der Waals surface area contributed by atoms with Gasteiger partial charge in [0.05, 0.1) is 14.2 Å². The van der Waals surface area contributed by atoms with Crippen molar-refractivity contribution in [3.8, 4) is 11.5 Å². The third kappa shape index (κ3) is 3.52. The molecule has 3 rings (SSSR count). The average molecular weight is 321 g/mol. The Hall–Kier alpha value is -2.52. The summed E-state index contributed by atoms with van der Waals surface area (Å²) in [7, 11) is 3.34. The molecule has 0 bridgehead atoms. The Morgan fingerprint density at radius 1 is 0.875 bits per heavy atom. The Morgan fingerprint density at radius 3 is 2.25 bits per heavy atom. The summed E-state index contributed by atoms with van der Waals surface area (Å²) in [4.78, 5) is 0. The quantitative estimate of drug-likeness (QED) is 0.713. The summed E-state index contributed by atoms with van der Waals surface area (Å²) in [5, 5.41) is 6.16. The van der Waals surface area contributed by atoms with Crippen LogP contribution in [0.15, 0.2) is 60.7 Å². The standard InChI is InChI=1S/C21H23NO2/c1-15(20-10-6-8-17-7-4-5-9-21(17)20)22-14-16-11-18(23-2)13-19(12-16)24-3/h4-13,15,22H,14H2,1-3H3/t15-/m0/s1. The second kappa shape index (κ2) is 7.37. The second-order valence-corrected chi connectivity index (χ2v) is 5.89. The largest absolute Gasteiger partial charge is 0.497 e. The van der Waals surface area contributed by atoms with E-state index in [1.54, 1.807) is 14.2 Å². The summed E-state index contributed by atoms with van der Waals surface area (Å²) in [6.45, 7) is 2.94. The van der Waals surface area contributed by atoms with Crippen LogP contribution in [0.2, 0.25) is 0 Å². The van der Waals surface area contributed by atoms with Crippen molar-refractivity contribution >= 4 is 10.8 Å². The molecule has 0 saturated carbocycles. The number of hydrogen-bond acceptors (Lipinski definition) is 3. The van der Waals surface area contributed by atoms with Gasteiger partial charge in [0.15, 0.2) is 0 Å². The van der Waals surface area contributed by atoms with Crippen LogP contribution in [0.3, 0.4) is 0 Å². The third-order valence-electron chi connectivity index (χ3n) is 4.31.